The van der Waals surface area contributed by atoms with E-state index in [0.29, 0.717) is 5.13 Å². The molecule has 0 saturated carbocycles. The number of fused-ring (bicyclic) bond motifs is 2. The van der Waals surface area contributed by atoms with Gasteiger partial charge in [0.25, 0.3) is 0 Å². The van der Waals surface area contributed by atoms with Crippen LogP contribution in [0.3, 0.4) is 0 Å². The lowest BCUT2D eigenvalue weighted by molar-refractivity contribution is -0.145. The number of nitrogens with zero attached hydrogens (tertiary/aromatic N) is 2. The molecule has 1 saturated heterocycles. The van der Waals surface area contributed by atoms with Crippen LogP contribution in [0.2, 0.25) is 0 Å². The van der Waals surface area contributed by atoms with Crippen LogP contribution < -0.4 is 5.32 Å². The average molecular weight is 281 g/mol. The van der Waals surface area contributed by atoms with E-state index in [-0.39, 0.29) is 5.91 Å². The van der Waals surface area contributed by atoms with Crippen LogP contribution >= 0.6 is 11.3 Å². The van der Waals surface area contributed by atoms with E-state index in [0.717, 1.165) is 5.01 Å². The summed E-state index contributed by atoms with van der Waals surface area (Å²) in [4.78, 5) is 23.4. The Morgan fingerprint density at radius 3 is 2.58 bits per heavy atom. The van der Waals surface area contributed by atoms with Crippen LogP contribution in [0.1, 0.15) is 5.01 Å². The molecule has 7 nitrogen and oxygen atoms in total. The minimum Gasteiger partial charge on any atom is -0.481 e. The molecule has 100 valence electrons. The monoisotopic (exact) mass is 281 g/mol. The Hall–Kier alpha value is -1.80. The molecule has 19 heavy (non-hydrogen) atoms. The summed E-state index contributed by atoms with van der Waals surface area (Å²) in [6, 6.07) is 0. The Morgan fingerprint density at radius 2 is 2.00 bits per heavy atom. The maximum atomic E-state index is 12.2. The summed E-state index contributed by atoms with van der Waals surface area (Å²) in [5, 5.41) is 20.5. The van der Waals surface area contributed by atoms with Crippen molar-refractivity contribution in [3.05, 3.63) is 17.2 Å². The third kappa shape index (κ3) is 2.02. The van der Waals surface area contributed by atoms with Gasteiger partial charge in [0.05, 0.1) is 18.1 Å². The lowest BCUT2D eigenvalue weighted by Crippen LogP contribution is -2.39. The number of aliphatic carboxylic acids is 1. The number of rotatable bonds is 3. The van der Waals surface area contributed by atoms with Crippen molar-refractivity contribution in [3.8, 4) is 0 Å². The summed E-state index contributed by atoms with van der Waals surface area (Å²) < 4.78 is 5.44. The van der Waals surface area contributed by atoms with Crippen molar-refractivity contribution in [2.24, 2.45) is 11.8 Å². The first kappa shape index (κ1) is 12.2. The van der Waals surface area contributed by atoms with Gasteiger partial charge < -0.3 is 15.2 Å². The zero-order chi connectivity index (χ0) is 13.6. The highest BCUT2D eigenvalue weighted by atomic mass is 32.1. The van der Waals surface area contributed by atoms with Gasteiger partial charge in [-0.1, -0.05) is 23.5 Å². The zero-order valence-electron chi connectivity index (χ0n) is 9.94. The van der Waals surface area contributed by atoms with Gasteiger partial charge in [0, 0.05) is 0 Å². The van der Waals surface area contributed by atoms with Gasteiger partial charge in [0.2, 0.25) is 11.0 Å². The summed E-state index contributed by atoms with van der Waals surface area (Å²) in [6.45, 7) is 1.77. The third-order valence-corrected chi connectivity index (χ3v) is 4.00. The molecule has 4 atom stereocenters. The Kier molecular flexibility index (Phi) is 2.83. The second-order valence-electron chi connectivity index (χ2n) is 4.46. The fraction of sp³-hybridized carbons (Fsp3) is 0.455. The highest BCUT2D eigenvalue weighted by Gasteiger charge is 2.53. The standard InChI is InChI=1S/C11H11N3O4S/c1-4-13-14-11(19-4)12-9(15)7-5-2-3-6(18-5)8(7)10(16)17/h2-3,5-8H,1H3,(H,16,17)(H,12,14,15)/t5-,6+,7-,8+/m1/s1. The van der Waals surface area contributed by atoms with Gasteiger partial charge in [-0.3, -0.25) is 9.59 Å². The Balaban J connectivity index is 1.79. The number of carbonyl (C=O) groups is 2. The van der Waals surface area contributed by atoms with Crippen molar-refractivity contribution < 1.29 is 19.4 Å². The maximum absolute atomic E-state index is 12.2. The first-order valence-corrected chi connectivity index (χ1v) is 6.55. The summed E-state index contributed by atoms with van der Waals surface area (Å²) in [6.07, 6.45) is 2.44. The molecule has 2 bridgehead atoms. The molecule has 1 amide bonds. The molecule has 1 aromatic heterocycles. The molecular weight excluding hydrogens is 270 g/mol. The highest BCUT2D eigenvalue weighted by Crippen LogP contribution is 2.39. The molecule has 0 aromatic carbocycles. The molecule has 2 aliphatic rings. The van der Waals surface area contributed by atoms with E-state index in [9.17, 15) is 14.7 Å². The van der Waals surface area contributed by atoms with Crippen LogP contribution in [-0.4, -0.2) is 39.4 Å². The minimum absolute atomic E-state index is 0.374. The second kappa shape index (κ2) is 4.39. The summed E-state index contributed by atoms with van der Waals surface area (Å²) in [5.74, 6) is -2.98. The molecule has 0 aliphatic carbocycles. The highest BCUT2D eigenvalue weighted by molar-refractivity contribution is 7.15. The fourth-order valence-corrected chi connectivity index (χ4v) is 3.05. The molecule has 1 aromatic rings. The smallest absolute Gasteiger partial charge is 0.310 e. The summed E-state index contributed by atoms with van der Waals surface area (Å²) in [5.41, 5.74) is 0. The van der Waals surface area contributed by atoms with Gasteiger partial charge in [-0.25, -0.2) is 0 Å². The van der Waals surface area contributed by atoms with E-state index in [1.165, 1.54) is 11.3 Å². The third-order valence-electron chi connectivity index (χ3n) is 3.24. The van der Waals surface area contributed by atoms with E-state index in [1.807, 2.05) is 0 Å². The molecule has 1 fully saturated rings. The van der Waals surface area contributed by atoms with Crippen LogP contribution in [0.25, 0.3) is 0 Å². The first-order chi connectivity index (χ1) is 9.06. The number of aromatic nitrogens is 2. The number of carboxylic acid groups (broad SMARTS) is 1. The predicted octanol–water partition coefficient (Wildman–Crippen LogP) is 0.439. The van der Waals surface area contributed by atoms with Crippen LogP contribution in [0.4, 0.5) is 5.13 Å². The van der Waals surface area contributed by atoms with Gasteiger partial charge >= 0.3 is 5.97 Å². The molecule has 2 aliphatic heterocycles. The minimum atomic E-state index is -1.02. The average Bonchev–Trinajstić information content (AvgIpc) is 3.03. The molecule has 0 spiro atoms. The van der Waals surface area contributed by atoms with Crippen molar-refractivity contribution in [2.75, 3.05) is 5.32 Å². The first-order valence-electron chi connectivity index (χ1n) is 5.74. The van der Waals surface area contributed by atoms with Gasteiger partial charge in [-0.15, -0.1) is 10.2 Å². The number of nitrogens with one attached hydrogen (secondary N) is 1. The molecule has 3 rings (SSSR count). The fourth-order valence-electron chi connectivity index (χ4n) is 2.45. The lowest BCUT2D eigenvalue weighted by Gasteiger charge is -2.20. The van der Waals surface area contributed by atoms with Crippen molar-refractivity contribution >= 4 is 28.3 Å². The van der Waals surface area contributed by atoms with Gasteiger partial charge in [-0.2, -0.15) is 0 Å². The molecule has 3 heterocycles. The number of aryl methyl sites for hydroxylation is 1. The molecule has 8 heteroatoms. The number of amides is 1. The largest absolute Gasteiger partial charge is 0.481 e. The number of ether oxygens (including phenoxy) is 1. The second-order valence-corrected chi connectivity index (χ2v) is 5.64. The molecule has 2 N–H and O–H groups in total. The van der Waals surface area contributed by atoms with E-state index in [1.54, 1.807) is 19.1 Å². The number of hydrogen-bond donors (Lipinski definition) is 2. The van der Waals surface area contributed by atoms with E-state index in [4.69, 9.17) is 4.74 Å². The molecule has 0 unspecified atom stereocenters. The van der Waals surface area contributed by atoms with Crippen molar-refractivity contribution in [1.29, 1.82) is 0 Å². The van der Waals surface area contributed by atoms with Gasteiger partial charge in [-0.05, 0) is 6.92 Å². The number of carbonyl (C=O) groups excluding carboxylic acids is 1. The quantitative estimate of drug-likeness (QED) is 0.779. The Labute approximate surface area is 112 Å². The van der Waals surface area contributed by atoms with E-state index >= 15 is 0 Å². The van der Waals surface area contributed by atoms with Crippen LogP contribution in [-0.2, 0) is 14.3 Å². The summed E-state index contributed by atoms with van der Waals surface area (Å²) in [7, 11) is 0. The van der Waals surface area contributed by atoms with E-state index < -0.39 is 30.0 Å². The van der Waals surface area contributed by atoms with Gasteiger partial charge in [0.1, 0.15) is 10.9 Å². The number of hydrogen-bond acceptors (Lipinski definition) is 6. The SMILES string of the molecule is Cc1nnc(NC(=O)[C@H]2[C@@H](C(=O)O)[C@@H]3C=C[C@H]2O3)s1. The van der Waals surface area contributed by atoms with Crippen molar-refractivity contribution in [1.82, 2.24) is 10.2 Å². The summed E-state index contributed by atoms with van der Waals surface area (Å²) >= 11 is 1.24. The molecule has 0 radical (unpaired) electrons. The predicted molar refractivity (Wildman–Crippen MR) is 65.7 cm³/mol. The van der Waals surface area contributed by atoms with Crippen molar-refractivity contribution in [2.45, 2.75) is 19.1 Å². The topological polar surface area (TPSA) is 101 Å². The number of anilines is 1. The Bertz CT molecular complexity index is 570. The normalized spacial score (nSPS) is 31.6. The maximum Gasteiger partial charge on any atom is 0.310 e. The van der Waals surface area contributed by atoms with Crippen LogP contribution in [0.15, 0.2) is 12.2 Å². The molecular formula is C11H11N3O4S. The van der Waals surface area contributed by atoms with Crippen LogP contribution in [0, 0.1) is 18.8 Å². The van der Waals surface area contributed by atoms with Gasteiger partial charge in [0.15, 0.2) is 0 Å². The van der Waals surface area contributed by atoms with Crippen LogP contribution in [0.5, 0.6) is 0 Å². The van der Waals surface area contributed by atoms with E-state index in [2.05, 4.69) is 15.5 Å². The lowest BCUT2D eigenvalue weighted by atomic mass is 9.82. The van der Waals surface area contributed by atoms with Crippen molar-refractivity contribution in [3.63, 3.8) is 0 Å². The zero-order valence-corrected chi connectivity index (χ0v) is 10.8. The number of carboxylic acids is 1. The Morgan fingerprint density at radius 1 is 1.32 bits per heavy atom.